The van der Waals surface area contributed by atoms with Gasteiger partial charge in [0.05, 0.1) is 6.20 Å². The Morgan fingerprint density at radius 2 is 2.00 bits per heavy atom. The highest BCUT2D eigenvalue weighted by molar-refractivity contribution is 4.94. The summed E-state index contributed by atoms with van der Waals surface area (Å²) in [5, 5.41) is 7.09. The molecule has 0 N–H and O–H groups in total. The van der Waals surface area contributed by atoms with Crippen molar-refractivity contribution in [2.45, 2.75) is 33.6 Å². The monoisotopic (exact) mass is 142 g/mol. The van der Waals surface area contributed by atoms with Crippen molar-refractivity contribution in [2.24, 2.45) is 0 Å². The van der Waals surface area contributed by atoms with Crippen molar-refractivity contribution in [1.82, 2.24) is 10.3 Å². The van der Waals surface area contributed by atoms with Gasteiger partial charge in [-0.3, -0.25) is 0 Å². The third-order valence-electron chi connectivity index (χ3n) is 0.970. The molecule has 0 saturated carbocycles. The molecule has 58 valence electrons. The number of hydrogen-bond acceptors (Lipinski definition) is 3. The van der Waals surface area contributed by atoms with Gasteiger partial charge in [-0.25, -0.2) is 4.63 Å². The zero-order valence-electron chi connectivity index (χ0n) is 6.96. The summed E-state index contributed by atoms with van der Waals surface area (Å²) in [6.45, 7) is 8.08. The van der Waals surface area contributed by atoms with Crippen LogP contribution in [0.3, 0.4) is 0 Å². The van der Waals surface area contributed by atoms with Crippen LogP contribution in [0.5, 0.6) is 0 Å². The van der Waals surface area contributed by atoms with Crippen LogP contribution in [-0.2, 0) is 0 Å². The molecule has 0 aromatic carbocycles. The van der Waals surface area contributed by atoms with E-state index in [1.54, 1.807) is 6.20 Å². The maximum atomic E-state index is 4.38. The number of aromatic nitrogens is 2. The zero-order chi connectivity index (χ0) is 7.98. The van der Waals surface area contributed by atoms with E-state index in [1.165, 1.54) is 0 Å². The summed E-state index contributed by atoms with van der Waals surface area (Å²) in [7, 11) is 0. The summed E-state index contributed by atoms with van der Waals surface area (Å²) in [4.78, 5) is 0. The summed E-state index contributed by atoms with van der Waals surface area (Å²) in [5.74, 6) is 0.418. The Balaban J connectivity index is 0.000000371. The molecule has 0 aliphatic rings. The fourth-order valence-electron chi connectivity index (χ4n) is 0.426. The van der Waals surface area contributed by atoms with E-state index in [9.17, 15) is 0 Å². The van der Waals surface area contributed by atoms with E-state index in [0.29, 0.717) is 5.92 Å². The minimum atomic E-state index is 0.418. The largest absolute Gasteiger partial charge is 0.244 e. The van der Waals surface area contributed by atoms with Crippen LogP contribution >= 0.6 is 0 Å². The predicted octanol–water partition coefficient (Wildman–Crippen LogP) is 2.22. The quantitative estimate of drug-likeness (QED) is 0.603. The van der Waals surface area contributed by atoms with Crippen molar-refractivity contribution in [1.29, 1.82) is 0 Å². The molecule has 0 fully saturated rings. The van der Waals surface area contributed by atoms with Crippen molar-refractivity contribution in [2.75, 3.05) is 0 Å². The fraction of sp³-hybridized carbons (Fsp3) is 0.714. The van der Waals surface area contributed by atoms with Crippen LogP contribution in [0.2, 0.25) is 0 Å². The van der Waals surface area contributed by atoms with E-state index >= 15 is 0 Å². The highest BCUT2D eigenvalue weighted by Crippen LogP contribution is 2.07. The Labute approximate surface area is 61.4 Å². The second-order valence-electron chi connectivity index (χ2n) is 1.99. The Kier molecular flexibility index (Phi) is 4.54. The average Bonchev–Trinajstić information content (AvgIpc) is 2.42. The maximum Gasteiger partial charge on any atom is 0.107 e. The van der Waals surface area contributed by atoms with Crippen molar-refractivity contribution < 1.29 is 4.63 Å². The average molecular weight is 142 g/mol. The summed E-state index contributed by atoms with van der Waals surface area (Å²) < 4.78 is 4.38. The molecule has 0 unspecified atom stereocenters. The Hall–Kier alpha value is -0.860. The van der Waals surface area contributed by atoms with E-state index in [2.05, 4.69) is 14.9 Å². The molecule has 1 aromatic heterocycles. The molecule has 0 amide bonds. The summed E-state index contributed by atoms with van der Waals surface area (Å²) >= 11 is 0. The normalized spacial score (nSPS) is 8.90. The molecule has 1 rings (SSSR count). The molecular formula is C7H14N2O. The highest BCUT2D eigenvalue weighted by Gasteiger charge is 2.00. The minimum absolute atomic E-state index is 0.418. The van der Waals surface area contributed by atoms with Gasteiger partial charge in [-0.15, -0.1) is 0 Å². The van der Waals surface area contributed by atoms with Crippen LogP contribution in [0.1, 0.15) is 39.3 Å². The molecule has 0 aliphatic carbocycles. The molecule has 0 saturated heterocycles. The van der Waals surface area contributed by atoms with Crippen molar-refractivity contribution in [3.8, 4) is 0 Å². The minimum Gasteiger partial charge on any atom is -0.244 e. The van der Waals surface area contributed by atoms with Gasteiger partial charge in [0.15, 0.2) is 0 Å². The summed E-state index contributed by atoms with van der Waals surface area (Å²) in [6.07, 6.45) is 1.63. The molecule has 3 nitrogen and oxygen atoms in total. The zero-order valence-corrected chi connectivity index (χ0v) is 6.96. The van der Waals surface area contributed by atoms with Gasteiger partial charge in [-0.05, 0) is 0 Å². The van der Waals surface area contributed by atoms with Gasteiger partial charge in [-0.1, -0.05) is 38.0 Å². The SMILES string of the molecule is CC.CC(C)c1cnon1. The van der Waals surface area contributed by atoms with Crippen LogP contribution in [0.25, 0.3) is 0 Å². The summed E-state index contributed by atoms with van der Waals surface area (Å²) in [6, 6.07) is 0. The van der Waals surface area contributed by atoms with E-state index in [0.717, 1.165) is 5.69 Å². The topological polar surface area (TPSA) is 38.9 Å². The first kappa shape index (κ1) is 9.14. The standard InChI is InChI=1S/C5H8N2O.C2H6/c1-4(2)5-3-6-8-7-5;1-2/h3-4H,1-2H3;1-2H3. The highest BCUT2D eigenvalue weighted by atomic mass is 16.6. The molecule has 0 aliphatic heterocycles. The lowest BCUT2D eigenvalue weighted by molar-refractivity contribution is 0.302. The lowest BCUT2D eigenvalue weighted by atomic mass is 10.2. The predicted molar refractivity (Wildman–Crippen MR) is 39.7 cm³/mol. The molecule has 1 aromatic rings. The molecular weight excluding hydrogens is 128 g/mol. The number of rotatable bonds is 1. The van der Waals surface area contributed by atoms with Gasteiger partial charge >= 0.3 is 0 Å². The smallest absolute Gasteiger partial charge is 0.107 e. The third kappa shape index (κ3) is 2.62. The molecule has 0 radical (unpaired) electrons. The summed E-state index contributed by atoms with van der Waals surface area (Å²) in [5.41, 5.74) is 0.907. The first-order valence-corrected chi connectivity index (χ1v) is 3.58. The number of hydrogen-bond donors (Lipinski definition) is 0. The molecule has 0 bridgehead atoms. The lowest BCUT2D eigenvalue weighted by Crippen LogP contribution is -1.84. The van der Waals surface area contributed by atoms with Crippen molar-refractivity contribution >= 4 is 0 Å². The van der Waals surface area contributed by atoms with Crippen LogP contribution in [0, 0.1) is 0 Å². The third-order valence-corrected chi connectivity index (χ3v) is 0.970. The van der Waals surface area contributed by atoms with Crippen molar-refractivity contribution in [3.63, 3.8) is 0 Å². The molecule has 0 spiro atoms. The first-order chi connectivity index (χ1) is 4.80. The van der Waals surface area contributed by atoms with E-state index in [-0.39, 0.29) is 0 Å². The Bertz CT molecular complexity index is 147. The van der Waals surface area contributed by atoms with Crippen LogP contribution in [-0.4, -0.2) is 10.3 Å². The second-order valence-corrected chi connectivity index (χ2v) is 1.99. The molecule has 10 heavy (non-hydrogen) atoms. The van der Waals surface area contributed by atoms with Gasteiger partial charge in [0.2, 0.25) is 0 Å². The fourth-order valence-corrected chi connectivity index (χ4v) is 0.426. The van der Waals surface area contributed by atoms with Gasteiger partial charge < -0.3 is 0 Å². The second kappa shape index (κ2) is 4.97. The Morgan fingerprint density at radius 3 is 2.20 bits per heavy atom. The number of nitrogens with zero attached hydrogens (tertiary/aromatic N) is 2. The van der Waals surface area contributed by atoms with E-state index in [4.69, 9.17) is 0 Å². The van der Waals surface area contributed by atoms with Gasteiger partial charge in [0.1, 0.15) is 5.69 Å². The molecule has 1 heterocycles. The van der Waals surface area contributed by atoms with Gasteiger partial charge in [0, 0.05) is 5.92 Å². The lowest BCUT2D eigenvalue weighted by Gasteiger charge is -1.91. The van der Waals surface area contributed by atoms with Crippen LogP contribution < -0.4 is 0 Å². The maximum absolute atomic E-state index is 4.38. The Morgan fingerprint density at radius 1 is 1.40 bits per heavy atom. The van der Waals surface area contributed by atoms with Crippen molar-refractivity contribution in [3.05, 3.63) is 11.9 Å². The molecule has 0 atom stereocenters. The van der Waals surface area contributed by atoms with E-state index < -0.39 is 0 Å². The van der Waals surface area contributed by atoms with E-state index in [1.807, 2.05) is 27.7 Å². The van der Waals surface area contributed by atoms with Crippen LogP contribution in [0.15, 0.2) is 10.8 Å². The first-order valence-electron chi connectivity index (χ1n) is 3.58. The van der Waals surface area contributed by atoms with Gasteiger partial charge in [0.25, 0.3) is 0 Å². The van der Waals surface area contributed by atoms with Crippen LogP contribution in [0.4, 0.5) is 0 Å². The van der Waals surface area contributed by atoms with Gasteiger partial charge in [-0.2, -0.15) is 0 Å². The molecule has 3 heteroatoms.